The fourth-order valence-electron chi connectivity index (χ4n) is 1.49. The monoisotopic (exact) mass is 265 g/mol. The molecule has 19 heavy (non-hydrogen) atoms. The molecular weight excluding hydrogens is 256 g/mol. The normalized spacial score (nSPS) is 10.2. The molecule has 0 amide bonds. The van der Waals surface area contributed by atoms with Gasteiger partial charge in [-0.2, -0.15) is 0 Å². The predicted molar refractivity (Wildman–Crippen MR) is 61.9 cm³/mol. The Balaban J connectivity index is 2.19. The van der Waals surface area contributed by atoms with Crippen LogP contribution in [0.3, 0.4) is 0 Å². The van der Waals surface area contributed by atoms with Crippen molar-refractivity contribution < 1.29 is 23.4 Å². The highest BCUT2D eigenvalue weighted by Crippen LogP contribution is 2.19. The first kappa shape index (κ1) is 12.9. The second-order valence-electron chi connectivity index (χ2n) is 3.68. The van der Waals surface area contributed by atoms with Gasteiger partial charge in [0.25, 0.3) is 0 Å². The van der Waals surface area contributed by atoms with Crippen molar-refractivity contribution in [3.63, 3.8) is 0 Å². The van der Waals surface area contributed by atoms with E-state index in [0.29, 0.717) is 0 Å². The number of ether oxygens (including phenoxy) is 1. The summed E-state index contributed by atoms with van der Waals surface area (Å²) < 4.78 is 31.5. The number of rotatable bonds is 4. The maximum absolute atomic E-state index is 13.4. The van der Waals surface area contributed by atoms with Gasteiger partial charge in [0.1, 0.15) is 12.2 Å². The van der Waals surface area contributed by atoms with E-state index in [1.807, 2.05) is 0 Å². The zero-order chi connectivity index (χ0) is 13.8. The fourth-order valence-corrected chi connectivity index (χ4v) is 1.49. The van der Waals surface area contributed by atoms with Gasteiger partial charge in [0, 0.05) is 11.8 Å². The summed E-state index contributed by atoms with van der Waals surface area (Å²) in [6.45, 7) is -0.282. The lowest BCUT2D eigenvalue weighted by atomic mass is 10.2. The fraction of sp³-hybridized carbons (Fsp3) is 0.0769. The van der Waals surface area contributed by atoms with Crippen LogP contribution in [-0.4, -0.2) is 16.1 Å². The van der Waals surface area contributed by atoms with Gasteiger partial charge in [0.05, 0.1) is 6.20 Å². The van der Waals surface area contributed by atoms with E-state index in [1.165, 1.54) is 30.6 Å². The Morgan fingerprint density at radius 2 is 2.11 bits per heavy atom. The largest absolute Gasteiger partial charge is 0.486 e. The third kappa shape index (κ3) is 2.85. The molecule has 0 aliphatic rings. The van der Waals surface area contributed by atoms with Crippen molar-refractivity contribution in [3.8, 4) is 5.75 Å². The number of benzene rings is 1. The molecule has 0 saturated carbocycles. The number of carboxylic acid groups (broad SMARTS) is 1. The Hall–Kier alpha value is -2.50. The molecule has 0 fully saturated rings. The number of nitrogens with zero attached hydrogens (tertiary/aromatic N) is 1. The third-order valence-corrected chi connectivity index (χ3v) is 2.43. The van der Waals surface area contributed by atoms with Gasteiger partial charge in [0.15, 0.2) is 17.4 Å². The number of hydrogen-bond donors (Lipinski definition) is 1. The lowest BCUT2D eigenvalue weighted by Gasteiger charge is -2.09. The highest BCUT2D eigenvalue weighted by atomic mass is 19.2. The summed E-state index contributed by atoms with van der Waals surface area (Å²) in [6.07, 6.45) is 2.51. The van der Waals surface area contributed by atoms with Crippen molar-refractivity contribution in [1.29, 1.82) is 0 Å². The molecule has 2 rings (SSSR count). The second kappa shape index (κ2) is 5.43. The van der Waals surface area contributed by atoms with E-state index < -0.39 is 17.6 Å². The molecule has 4 nitrogen and oxygen atoms in total. The molecule has 0 saturated heterocycles. The average molecular weight is 265 g/mol. The van der Waals surface area contributed by atoms with Crippen LogP contribution in [0.2, 0.25) is 0 Å². The van der Waals surface area contributed by atoms with E-state index in [-0.39, 0.29) is 23.5 Å². The zero-order valence-electron chi connectivity index (χ0n) is 9.64. The number of aromatic nitrogens is 1. The number of carboxylic acids is 1. The van der Waals surface area contributed by atoms with Gasteiger partial charge in [-0.1, -0.05) is 12.1 Å². The van der Waals surface area contributed by atoms with Crippen LogP contribution >= 0.6 is 0 Å². The van der Waals surface area contributed by atoms with Crippen molar-refractivity contribution in [3.05, 3.63) is 59.4 Å². The van der Waals surface area contributed by atoms with Crippen molar-refractivity contribution >= 4 is 5.97 Å². The lowest BCUT2D eigenvalue weighted by Crippen LogP contribution is -2.05. The van der Waals surface area contributed by atoms with E-state index >= 15 is 0 Å². The Labute approximate surface area is 107 Å². The summed E-state index contributed by atoms with van der Waals surface area (Å²) in [5, 5.41) is 8.92. The third-order valence-electron chi connectivity index (χ3n) is 2.43. The summed E-state index contributed by atoms with van der Waals surface area (Å²) >= 11 is 0. The summed E-state index contributed by atoms with van der Waals surface area (Å²) in [7, 11) is 0. The SMILES string of the molecule is O=C(O)c1ccncc1OCc1cccc(F)c1F. The summed E-state index contributed by atoms with van der Waals surface area (Å²) in [5.74, 6) is -3.18. The molecule has 6 heteroatoms. The van der Waals surface area contributed by atoms with Gasteiger partial charge in [-0.25, -0.2) is 13.6 Å². The molecule has 1 heterocycles. The molecule has 98 valence electrons. The van der Waals surface area contributed by atoms with Gasteiger partial charge >= 0.3 is 5.97 Å². The highest BCUT2D eigenvalue weighted by molar-refractivity contribution is 5.90. The lowest BCUT2D eigenvalue weighted by molar-refractivity contribution is 0.0691. The summed E-state index contributed by atoms with van der Waals surface area (Å²) in [6, 6.07) is 4.96. The van der Waals surface area contributed by atoms with Gasteiger partial charge in [-0.3, -0.25) is 4.98 Å². The maximum atomic E-state index is 13.4. The van der Waals surface area contributed by atoms with Gasteiger partial charge in [-0.05, 0) is 12.1 Å². The minimum absolute atomic E-state index is 0.000178. The first-order chi connectivity index (χ1) is 9.09. The molecule has 2 aromatic rings. The number of aromatic carboxylic acids is 1. The summed E-state index contributed by atoms with van der Waals surface area (Å²) in [5.41, 5.74) is -0.0907. The Bertz CT molecular complexity index is 617. The van der Waals surface area contributed by atoms with Crippen LogP contribution < -0.4 is 4.74 Å². The van der Waals surface area contributed by atoms with Crippen LogP contribution in [0, 0.1) is 11.6 Å². The standard InChI is InChI=1S/C13H9F2NO3/c14-10-3-1-2-8(12(10)15)7-19-11-6-16-5-4-9(11)13(17)18/h1-6H,7H2,(H,17,18). The molecule has 1 N–H and O–H groups in total. The highest BCUT2D eigenvalue weighted by Gasteiger charge is 2.13. The number of carbonyl (C=O) groups is 1. The zero-order valence-corrected chi connectivity index (χ0v) is 9.64. The van der Waals surface area contributed by atoms with Crippen LogP contribution in [0.5, 0.6) is 5.75 Å². The Morgan fingerprint density at radius 3 is 2.84 bits per heavy atom. The number of pyridine rings is 1. The van der Waals surface area contributed by atoms with E-state index in [9.17, 15) is 13.6 Å². The molecule has 0 bridgehead atoms. The minimum Gasteiger partial charge on any atom is -0.486 e. The number of halogens is 2. The topological polar surface area (TPSA) is 59.4 Å². The van der Waals surface area contributed by atoms with Crippen molar-refractivity contribution in [2.45, 2.75) is 6.61 Å². The van der Waals surface area contributed by atoms with Crippen molar-refractivity contribution in [2.24, 2.45) is 0 Å². The molecule has 0 spiro atoms. The molecule has 1 aromatic heterocycles. The molecule has 0 radical (unpaired) electrons. The molecule has 0 atom stereocenters. The molecule has 1 aromatic carbocycles. The molecule has 0 aliphatic carbocycles. The molecular formula is C13H9F2NO3. The van der Waals surface area contributed by atoms with Gasteiger partial charge in [0.2, 0.25) is 0 Å². The van der Waals surface area contributed by atoms with Crippen molar-refractivity contribution in [1.82, 2.24) is 4.98 Å². The smallest absolute Gasteiger partial charge is 0.339 e. The number of hydrogen-bond acceptors (Lipinski definition) is 3. The first-order valence-electron chi connectivity index (χ1n) is 5.32. The maximum Gasteiger partial charge on any atom is 0.339 e. The average Bonchev–Trinajstić information content (AvgIpc) is 2.40. The van der Waals surface area contributed by atoms with Crippen molar-refractivity contribution in [2.75, 3.05) is 0 Å². The quantitative estimate of drug-likeness (QED) is 0.923. The second-order valence-corrected chi connectivity index (χ2v) is 3.68. The Kier molecular flexibility index (Phi) is 3.70. The van der Waals surface area contributed by atoms with Crippen LogP contribution in [-0.2, 0) is 6.61 Å². The van der Waals surface area contributed by atoms with Gasteiger partial charge < -0.3 is 9.84 Å². The van der Waals surface area contributed by atoms with Gasteiger partial charge in [-0.15, -0.1) is 0 Å². The predicted octanol–water partition coefficient (Wildman–Crippen LogP) is 2.64. The summed E-state index contributed by atoms with van der Waals surface area (Å²) in [4.78, 5) is 14.6. The van der Waals surface area contributed by atoms with E-state index in [0.717, 1.165) is 6.07 Å². The van der Waals surface area contributed by atoms with E-state index in [1.54, 1.807) is 0 Å². The van der Waals surface area contributed by atoms with E-state index in [2.05, 4.69) is 4.98 Å². The van der Waals surface area contributed by atoms with Crippen LogP contribution in [0.25, 0.3) is 0 Å². The van der Waals surface area contributed by atoms with Crippen LogP contribution in [0.15, 0.2) is 36.7 Å². The first-order valence-corrected chi connectivity index (χ1v) is 5.32. The van der Waals surface area contributed by atoms with E-state index in [4.69, 9.17) is 9.84 Å². The molecule has 0 unspecified atom stereocenters. The Morgan fingerprint density at radius 1 is 1.32 bits per heavy atom. The molecule has 0 aliphatic heterocycles. The minimum atomic E-state index is -1.18. The van der Waals surface area contributed by atoms with Crippen LogP contribution in [0.1, 0.15) is 15.9 Å². The van der Waals surface area contributed by atoms with Crippen LogP contribution in [0.4, 0.5) is 8.78 Å².